The van der Waals surface area contributed by atoms with Crippen LogP contribution < -0.4 is 10.9 Å². The van der Waals surface area contributed by atoms with Crippen LogP contribution in [0.4, 0.5) is 0 Å². The maximum atomic E-state index is 12.2. The molecular formula is C20H20N2O3. The number of nitrogens with zero attached hydrogens (tertiary/aromatic N) is 1. The largest absolute Gasteiger partial charge is 0.469 e. The van der Waals surface area contributed by atoms with Gasteiger partial charge in [0.15, 0.2) is 0 Å². The number of rotatable bonds is 6. The average Bonchev–Trinajstić information content (AvgIpc) is 3.16. The van der Waals surface area contributed by atoms with E-state index in [1.54, 1.807) is 25.6 Å². The van der Waals surface area contributed by atoms with Gasteiger partial charge in [0.1, 0.15) is 5.76 Å². The number of hydrogen-bond donors (Lipinski definition) is 1. The van der Waals surface area contributed by atoms with Crippen molar-refractivity contribution < 1.29 is 9.21 Å². The van der Waals surface area contributed by atoms with Crippen LogP contribution in [0, 0.1) is 0 Å². The number of pyridine rings is 1. The normalized spacial score (nSPS) is 11.9. The van der Waals surface area contributed by atoms with Gasteiger partial charge in [-0.15, -0.1) is 0 Å². The second-order valence-corrected chi connectivity index (χ2v) is 5.89. The van der Waals surface area contributed by atoms with Crippen LogP contribution in [0.2, 0.25) is 0 Å². The third-order valence-electron chi connectivity index (χ3n) is 4.17. The number of furan rings is 1. The smallest absolute Gasteiger partial charge is 0.251 e. The van der Waals surface area contributed by atoms with Crippen molar-refractivity contribution in [3.8, 4) is 0 Å². The van der Waals surface area contributed by atoms with E-state index in [1.807, 2.05) is 30.3 Å². The predicted molar refractivity (Wildman–Crippen MR) is 95.6 cm³/mol. The summed E-state index contributed by atoms with van der Waals surface area (Å²) in [6.45, 7) is 0.480. The maximum absolute atomic E-state index is 12.2. The molecule has 1 amide bonds. The van der Waals surface area contributed by atoms with Gasteiger partial charge in [0.2, 0.25) is 0 Å². The molecule has 0 saturated heterocycles. The number of nitrogens with one attached hydrogen (secondary N) is 1. The molecule has 0 aliphatic carbocycles. The molecule has 0 saturated carbocycles. The lowest BCUT2D eigenvalue weighted by Gasteiger charge is -2.15. The van der Waals surface area contributed by atoms with E-state index in [4.69, 9.17) is 4.42 Å². The van der Waals surface area contributed by atoms with E-state index < -0.39 is 0 Å². The van der Waals surface area contributed by atoms with Crippen LogP contribution in [-0.4, -0.2) is 17.0 Å². The average molecular weight is 336 g/mol. The van der Waals surface area contributed by atoms with E-state index >= 15 is 0 Å². The summed E-state index contributed by atoms with van der Waals surface area (Å²) in [6, 6.07) is 16.8. The summed E-state index contributed by atoms with van der Waals surface area (Å²) in [5, 5.41) is 2.88. The number of carbonyl (C=O) groups is 1. The van der Waals surface area contributed by atoms with Crippen molar-refractivity contribution in [1.82, 2.24) is 9.88 Å². The molecule has 0 fully saturated rings. The first-order valence-corrected chi connectivity index (χ1v) is 8.18. The molecule has 5 heteroatoms. The Kier molecular flexibility index (Phi) is 5.14. The molecule has 1 aromatic carbocycles. The minimum atomic E-state index is -0.246. The van der Waals surface area contributed by atoms with Gasteiger partial charge in [-0.2, -0.15) is 0 Å². The highest BCUT2D eigenvalue weighted by Crippen LogP contribution is 2.27. The van der Waals surface area contributed by atoms with Crippen LogP contribution in [0.25, 0.3) is 0 Å². The topological polar surface area (TPSA) is 64.2 Å². The maximum Gasteiger partial charge on any atom is 0.251 e. The van der Waals surface area contributed by atoms with Gasteiger partial charge in [0, 0.05) is 37.3 Å². The third-order valence-corrected chi connectivity index (χ3v) is 4.17. The molecule has 5 nitrogen and oxygen atoms in total. The summed E-state index contributed by atoms with van der Waals surface area (Å²) >= 11 is 0. The fourth-order valence-electron chi connectivity index (χ4n) is 2.77. The van der Waals surface area contributed by atoms with Gasteiger partial charge in [-0.1, -0.05) is 30.3 Å². The first kappa shape index (κ1) is 16.8. The zero-order valence-corrected chi connectivity index (χ0v) is 14.0. The third kappa shape index (κ3) is 4.07. The molecule has 2 aromatic heterocycles. The Morgan fingerprint density at radius 2 is 1.96 bits per heavy atom. The van der Waals surface area contributed by atoms with Gasteiger partial charge in [-0.3, -0.25) is 9.59 Å². The number of aromatic nitrogens is 1. The molecule has 0 spiro atoms. The Balaban J connectivity index is 1.66. The van der Waals surface area contributed by atoms with Crippen LogP contribution in [0.1, 0.15) is 34.0 Å². The van der Waals surface area contributed by atoms with E-state index in [1.165, 1.54) is 10.6 Å². The second kappa shape index (κ2) is 7.66. The lowest BCUT2D eigenvalue weighted by molar-refractivity contribution is 0.0952. The number of hydrogen-bond acceptors (Lipinski definition) is 3. The summed E-state index contributed by atoms with van der Waals surface area (Å²) in [5.74, 6) is 0.693. The molecule has 0 radical (unpaired) electrons. The summed E-state index contributed by atoms with van der Waals surface area (Å²) in [5.41, 5.74) is 1.31. The van der Waals surface area contributed by atoms with Gasteiger partial charge >= 0.3 is 0 Å². The van der Waals surface area contributed by atoms with Crippen molar-refractivity contribution in [3.63, 3.8) is 0 Å². The Hall–Kier alpha value is -3.08. The first-order chi connectivity index (χ1) is 12.1. The minimum Gasteiger partial charge on any atom is -0.469 e. The second-order valence-electron chi connectivity index (χ2n) is 5.89. The molecule has 3 aromatic rings. The van der Waals surface area contributed by atoms with Crippen LogP contribution in [-0.2, 0) is 7.05 Å². The Labute approximate surface area is 145 Å². The summed E-state index contributed by atoms with van der Waals surface area (Å²) in [4.78, 5) is 23.9. The molecule has 128 valence electrons. The summed E-state index contributed by atoms with van der Waals surface area (Å²) in [7, 11) is 1.65. The van der Waals surface area contributed by atoms with Crippen LogP contribution in [0.5, 0.6) is 0 Å². The summed E-state index contributed by atoms with van der Waals surface area (Å²) < 4.78 is 6.99. The standard InChI is InChI=1S/C20H20N2O3/c1-22-12-10-16(14-19(22)23)20(24)21-11-9-17(18-8-5-13-25-18)15-6-3-2-4-7-15/h2-8,10,12-14,17H,9,11H2,1H3,(H,21,24)/t17-/m0/s1. The van der Waals surface area contributed by atoms with Crippen molar-refractivity contribution in [2.45, 2.75) is 12.3 Å². The molecule has 3 rings (SSSR count). The highest BCUT2D eigenvalue weighted by Gasteiger charge is 2.17. The molecule has 0 aliphatic heterocycles. The zero-order valence-electron chi connectivity index (χ0n) is 14.0. The van der Waals surface area contributed by atoms with Crippen LogP contribution in [0.3, 0.4) is 0 Å². The highest BCUT2D eigenvalue weighted by atomic mass is 16.3. The number of carbonyl (C=O) groups excluding carboxylic acids is 1. The van der Waals surface area contributed by atoms with Crippen molar-refractivity contribution >= 4 is 5.91 Å². The summed E-state index contributed by atoms with van der Waals surface area (Å²) in [6.07, 6.45) is 3.95. The van der Waals surface area contributed by atoms with Gasteiger partial charge < -0.3 is 14.3 Å². The molecule has 1 N–H and O–H groups in total. The van der Waals surface area contributed by atoms with Crippen molar-refractivity contribution in [2.24, 2.45) is 7.05 Å². The van der Waals surface area contributed by atoms with Crippen molar-refractivity contribution in [1.29, 1.82) is 0 Å². The fraction of sp³-hybridized carbons (Fsp3) is 0.200. The Morgan fingerprint density at radius 1 is 1.16 bits per heavy atom. The van der Waals surface area contributed by atoms with Crippen molar-refractivity contribution in [3.05, 3.63) is 94.3 Å². The highest BCUT2D eigenvalue weighted by molar-refractivity contribution is 5.93. The van der Waals surface area contributed by atoms with E-state index in [-0.39, 0.29) is 17.4 Å². The van der Waals surface area contributed by atoms with E-state index in [2.05, 4.69) is 17.4 Å². The lowest BCUT2D eigenvalue weighted by Crippen LogP contribution is -2.27. The number of benzene rings is 1. The molecule has 0 bridgehead atoms. The van der Waals surface area contributed by atoms with E-state index in [9.17, 15) is 9.59 Å². The zero-order chi connectivity index (χ0) is 17.6. The lowest BCUT2D eigenvalue weighted by atomic mass is 9.93. The SMILES string of the molecule is Cn1ccc(C(=O)NCC[C@@H](c2ccccc2)c2ccco2)cc1=O. The minimum absolute atomic E-state index is 0.0696. The quantitative estimate of drug-likeness (QED) is 0.753. The molecule has 0 unspecified atom stereocenters. The number of aryl methyl sites for hydroxylation is 1. The molecule has 0 aliphatic rings. The molecule has 25 heavy (non-hydrogen) atoms. The van der Waals surface area contributed by atoms with Crippen LogP contribution >= 0.6 is 0 Å². The Bertz CT molecular complexity index is 883. The van der Waals surface area contributed by atoms with Gasteiger partial charge in [-0.05, 0) is 30.2 Å². The van der Waals surface area contributed by atoms with Gasteiger partial charge in [-0.25, -0.2) is 0 Å². The molecular weight excluding hydrogens is 316 g/mol. The van der Waals surface area contributed by atoms with Gasteiger partial charge in [0.05, 0.1) is 6.26 Å². The van der Waals surface area contributed by atoms with E-state index in [0.717, 1.165) is 11.3 Å². The molecule has 2 heterocycles. The molecule has 1 atom stereocenters. The first-order valence-electron chi connectivity index (χ1n) is 8.18. The van der Waals surface area contributed by atoms with Crippen molar-refractivity contribution in [2.75, 3.05) is 6.54 Å². The predicted octanol–water partition coefficient (Wildman–Crippen LogP) is 2.93. The number of amides is 1. The van der Waals surface area contributed by atoms with E-state index in [0.29, 0.717) is 18.5 Å². The van der Waals surface area contributed by atoms with Crippen LogP contribution in [0.15, 0.2) is 76.3 Å². The Morgan fingerprint density at radius 3 is 2.64 bits per heavy atom. The fourth-order valence-corrected chi connectivity index (χ4v) is 2.77. The van der Waals surface area contributed by atoms with Gasteiger partial charge in [0.25, 0.3) is 11.5 Å². The monoisotopic (exact) mass is 336 g/mol.